The summed E-state index contributed by atoms with van der Waals surface area (Å²) in [6, 6.07) is 6.60. The molecule has 0 atom stereocenters. The molecule has 1 aromatic rings. The molecule has 10 heavy (non-hydrogen) atoms. The number of hydrogen-bond acceptors (Lipinski definition) is 1. The van der Waals surface area contributed by atoms with Crippen LogP contribution in [-0.4, -0.2) is 13.1 Å². The van der Waals surface area contributed by atoms with Crippen LogP contribution in [-0.2, 0) is 0 Å². The molecule has 0 spiro atoms. The highest BCUT2D eigenvalue weighted by atomic mass is 19.1. The first-order chi connectivity index (χ1) is 4.86. The van der Waals surface area contributed by atoms with Crippen LogP contribution in [0.1, 0.15) is 0 Å². The summed E-state index contributed by atoms with van der Waals surface area (Å²) in [6.45, 7) is 2.23. The lowest BCUT2D eigenvalue weighted by Crippen LogP contribution is -1.90. The van der Waals surface area contributed by atoms with Crippen molar-refractivity contribution in [1.29, 1.82) is 0 Å². The molecule has 1 radical (unpaired) electrons. The Bertz CT molecular complexity index is 226. The van der Waals surface area contributed by atoms with Gasteiger partial charge in [0.15, 0.2) is 18.8 Å². The van der Waals surface area contributed by atoms with Crippen molar-refractivity contribution < 1.29 is 4.39 Å². The molecule has 0 bridgehead atoms. The van der Waals surface area contributed by atoms with Crippen LogP contribution in [0.25, 0.3) is 0 Å². The van der Waals surface area contributed by atoms with Crippen LogP contribution in [0.3, 0.4) is 0 Å². The van der Waals surface area contributed by atoms with Crippen LogP contribution in [0.5, 0.6) is 0 Å². The zero-order valence-corrected chi connectivity index (χ0v) is 5.55. The molecule has 1 fully saturated rings. The summed E-state index contributed by atoms with van der Waals surface area (Å²) < 4.78 is 12.4. The van der Waals surface area contributed by atoms with Gasteiger partial charge in [-0.25, -0.2) is 4.39 Å². The van der Waals surface area contributed by atoms with Gasteiger partial charge in [-0.2, -0.15) is 0 Å². The van der Waals surface area contributed by atoms with Crippen molar-refractivity contribution in [2.75, 3.05) is 13.1 Å². The number of halogens is 1. The van der Waals surface area contributed by atoms with Crippen LogP contribution in [0.4, 0.5) is 10.1 Å². The van der Waals surface area contributed by atoms with Gasteiger partial charge in [-0.15, -0.1) is 4.90 Å². The van der Waals surface area contributed by atoms with E-state index in [2.05, 4.69) is 4.90 Å². The highest BCUT2D eigenvalue weighted by Crippen LogP contribution is 2.19. The fourth-order valence-electron chi connectivity index (χ4n) is 0.960. The van der Waals surface area contributed by atoms with Gasteiger partial charge in [0.2, 0.25) is 0 Å². The second kappa shape index (κ2) is 2.06. The van der Waals surface area contributed by atoms with Gasteiger partial charge >= 0.3 is 0 Å². The topological polar surface area (TPSA) is 5.90 Å². The minimum Gasteiger partial charge on any atom is -0.207 e. The molecule has 51 valence electrons. The fourth-order valence-corrected chi connectivity index (χ4v) is 0.960. The molecule has 0 unspecified atom stereocenters. The van der Waals surface area contributed by atoms with Crippen LogP contribution in [0.15, 0.2) is 24.3 Å². The Labute approximate surface area is 59.1 Å². The molecule has 0 amide bonds. The van der Waals surface area contributed by atoms with Gasteiger partial charge in [-0.1, -0.05) is 0 Å². The molecule has 0 aromatic heterocycles. The van der Waals surface area contributed by atoms with E-state index < -0.39 is 0 Å². The molecule has 1 aromatic carbocycles. The minimum absolute atomic E-state index is 0.161. The van der Waals surface area contributed by atoms with Crippen molar-refractivity contribution in [3.8, 4) is 0 Å². The Hall–Kier alpha value is -0.890. The van der Waals surface area contributed by atoms with Gasteiger partial charge in [-0.3, -0.25) is 0 Å². The van der Waals surface area contributed by atoms with Gasteiger partial charge in [-0.05, 0) is 12.1 Å². The average Bonchev–Trinajstić information content (AvgIpc) is 2.71. The van der Waals surface area contributed by atoms with E-state index in [0.29, 0.717) is 0 Å². The van der Waals surface area contributed by atoms with Crippen LogP contribution in [0.2, 0.25) is 0 Å². The van der Waals surface area contributed by atoms with Gasteiger partial charge in [0.1, 0.15) is 5.82 Å². The van der Waals surface area contributed by atoms with Crippen LogP contribution < -0.4 is 4.90 Å². The maximum absolute atomic E-state index is 12.4. The third-order valence-electron chi connectivity index (χ3n) is 1.64. The summed E-state index contributed by atoms with van der Waals surface area (Å²) in [5.41, 5.74) is 1.13. The summed E-state index contributed by atoms with van der Waals surface area (Å²) in [7, 11) is 0. The Balaban J connectivity index is 2.28. The van der Waals surface area contributed by atoms with E-state index in [1.165, 1.54) is 12.1 Å². The first-order valence-corrected chi connectivity index (χ1v) is 3.37. The summed E-state index contributed by atoms with van der Waals surface area (Å²) in [5.74, 6) is -0.161. The third-order valence-corrected chi connectivity index (χ3v) is 1.64. The molecule has 2 rings (SSSR count). The number of rotatable bonds is 1. The first kappa shape index (κ1) is 5.86. The summed E-state index contributed by atoms with van der Waals surface area (Å²) in [6.07, 6.45) is 0. The van der Waals surface area contributed by atoms with Crippen molar-refractivity contribution >= 4 is 5.69 Å². The molecule has 1 saturated heterocycles. The first-order valence-electron chi connectivity index (χ1n) is 3.37. The standard InChI is InChI=1S/C8H8FN/c9-7-1-3-8(4-2-7)10-5-6-10/h1-4H,5-6H2/q+1. The van der Waals surface area contributed by atoms with Crippen LogP contribution in [0, 0.1) is 5.82 Å². The second-order valence-electron chi connectivity index (χ2n) is 2.46. The molecule has 1 heterocycles. The van der Waals surface area contributed by atoms with Gasteiger partial charge in [0.05, 0.1) is 0 Å². The molecule has 1 nitrogen and oxygen atoms in total. The molecule has 0 aliphatic carbocycles. The maximum atomic E-state index is 12.4. The normalized spacial score (nSPS) is 17.3. The molecule has 0 N–H and O–H groups in total. The summed E-state index contributed by atoms with van der Waals surface area (Å²) >= 11 is 0. The smallest absolute Gasteiger partial charge is 0.182 e. The van der Waals surface area contributed by atoms with Crippen molar-refractivity contribution in [2.24, 2.45) is 0 Å². The highest BCUT2D eigenvalue weighted by molar-refractivity contribution is 5.41. The lowest BCUT2D eigenvalue weighted by atomic mass is 10.3. The average molecular weight is 137 g/mol. The summed E-state index contributed by atoms with van der Waals surface area (Å²) in [5, 5.41) is 0. The van der Waals surface area contributed by atoms with E-state index in [1.54, 1.807) is 0 Å². The van der Waals surface area contributed by atoms with Gasteiger partial charge < -0.3 is 0 Å². The predicted molar refractivity (Wildman–Crippen MR) is 37.9 cm³/mol. The molecule has 1 aliphatic rings. The van der Waals surface area contributed by atoms with Crippen molar-refractivity contribution in [3.05, 3.63) is 30.1 Å². The molecular formula is C8H8FN+. The predicted octanol–water partition coefficient (Wildman–Crippen LogP) is 1.61. The van der Waals surface area contributed by atoms with Crippen molar-refractivity contribution in [1.82, 2.24) is 4.90 Å². The van der Waals surface area contributed by atoms with Crippen LogP contribution >= 0.6 is 0 Å². The lowest BCUT2D eigenvalue weighted by Gasteiger charge is -1.88. The maximum Gasteiger partial charge on any atom is 0.182 e. The van der Waals surface area contributed by atoms with E-state index >= 15 is 0 Å². The fraction of sp³-hybridized carbons (Fsp3) is 0.250. The van der Waals surface area contributed by atoms with E-state index in [-0.39, 0.29) is 5.82 Å². The molecule has 1 aliphatic heterocycles. The number of benzene rings is 1. The van der Waals surface area contributed by atoms with Crippen molar-refractivity contribution in [3.63, 3.8) is 0 Å². The molecular weight excluding hydrogens is 129 g/mol. The quantitative estimate of drug-likeness (QED) is 0.409. The molecule has 0 saturated carbocycles. The van der Waals surface area contributed by atoms with E-state index in [4.69, 9.17) is 0 Å². The Morgan fingerprint density at radius 1 is 1.10 bits per heavy atom. The van der Waals surface area contributed by atoms with E-state index in [9.17, 15) is 4.39 Å². The highest BCUT2D eigenvalue weighted by Gasteiger charge is 2.33. The summed E-state index contributed by atoms with van der Waals surface area (Å²) in [4.78, 5) is 2.18. The molecule has 2 heteroatoms. The number of nitrogens with zero attached hydrogens (tertiary/aromatic N) is 1. The number of anilines is 1. The SMILES string of the molecule is Fc1ccc([N+]2CC2)cc1. The minimum atomic E-state index is -0.161. The monoisotopic (exact) mass is 137 g/mol. The Morgan fingerprint density at radius 3 is 2.20 bits per heavy atom. The van der Waals surface area contributed by atoms with Gasteiger partial charge in [0.25, 0.3) is 0 Å². The largest absolute Gasteiger partial charge is 0.207 e. The Morgan fingerprint density at radius 2 is 1.70 bits per heavy atom. The lowest BCUT2D eigenvalue weighted by molar-refractivity contribution is 0.627. The second-order valence-corrected chi connectivity index (χ2v) is 2.46. The zero-order chi connectivity index (χ0) is 6.97. The van der Waals surface area contributed by atoms with E-state index in [1.807, 2.05) is 12.1 Å². The van der Waals surface area contributed by atoms with E-state index in [0.717, 1.165) is 18.8 Å². The number of hydrogen-bond donors (Lipinski definition) is 0. The Kier molecular flexibility index (Phi) is 1.21. The zero-order valence-electron chi connectivity index (χ0n) is 5.55. The van der Waals surface area contributed by atoms with Crippen molar-refractivity contribution in [2.45, 2.75) is 0 Å². The van der Waals surface area contributed by atoms with Gasteiger partial charge in [0, 0.05) is 12.1 Å². The third kappa shape index (κ3) is 1.02.